The first kappa shape index (κ1) is 29.2. The van der Waals surface area contributed by atoms with Crippen LogP contribution in [0.3, 0.4) is 0 Å². The van der Waals surface area contributed by atoms with Crippen LogP contribution in [0.15, 0.2) is 29.2 Å². The van der Waals surface area contributed by atoms with Gasteiger partial charge in [0, 0.05) is 15.5 Å². The Morgan fingerprint density at radius 3 is 1.00 bits per heavy atom. The van der Waals surface area contributed by atoms with Gasteiger partial charge in [0.25, 0.3) is 0 Å². The molecule has 0 N–H and O–H groups in total. The first-order valence-corrected chi connectivity index (χ1v) is 14.9. The lowest BCUT2D eigenvalue weighted by molar-refractivity contribution is 0.586. The molecule has 0 saturated carbocycles. The van der Waals surface area contributed by atoms with Crippen LogP contribution in [-0.2, 0) is 4.57 Å². The van der Waals surface area contributed by atoms with Crippen LogP contribution in [0.25, 0.3) is 10.4 Å². The van der Waals surface area contributed by atoms with Gasteiger partial charge in [-0.15, -0.1) is 0 Å². The van der Waals surface area contributed by atoms with Crippen molar-refractivity contribution in [2.45, 2.75) is 119 Å². The van der Waals surface area contributed by atoms with Gasteiger partial charge in [0.05, 0.1) is 0 Å². The number of azide groups is 1. The highest BCUT2D eigenvalue weighted by molar-refractivity contribution is 7.77. The second-order valence-corrected chi connectivity index (χ2v) is 14.0. The molecule has 0 aliphatic rings. The van der Waals surface area contributed by atoms with E-state index in [1.165, 1.54) is 11.1 Å². The Morgan fingerprint density at radius 1 is 0.571 bits per heavy atom. The van der Waals surface area contributed by atoms with Crippen molar-refractivity contribution in [2.75, 3.05) is 0 Å². The van der Waals surface area contributed by atoms with E-state index in [4.69, 9.17) is 0 Å². The molecule has 0 bridgehead atoms. The van der Waals surface area contributed by atoms with Crippen molar-refractivity contribution in [3.8, 4) is 0 Å². The summed E-state index contributed by atoms with van der Waals surface area (Å²) in [6.07, 6.45) is 0. The molecule has 5 heteroatoms. The predicted molar refractivity (Wildman–Crippen MR) is 153 cm³/mol. The lowest BCUT2D eigenvalue weighted by atomic mass is 9.89. The Balaban J connectivity index is 3.24. The third kappa shape index (κ3) is 5.87. The predicted octanol–water partition coefficient (Wildman–Crippen LogP) is 9.97. The fourth-order valence-corrected chi connectivity index (χ4v) is 8.00. The molecular formula is C30H46N3OP. The number of nitrogens with zero attached hydrogens (tertiary/aromatic N) is 3. The van der Waals surface area contributed by atoms with Gasteiger partial charge < -0.3 is 4.57 Å². The van der Waals surface area contributed by atoms with Gasteiger partial charge in [-0.25, -0.2) is 0 Å². The molecule has 0 aliphatic carbocycles. The summed E-state index contributed by atoms with van der Waals surface area (Å²) in [5, 5.41) is 1.51. The summed E-state index contributed by atoms with van der Waals surface area (Å²) >= 11 is 0. The summed E-state index contributed by atoms with van der Waals surface area (Å²) in [7, 11) is -3.68. The average Bonchev–Trinajstić information content (AvgIpc) is 2.76. The van der Waals surface area contributed by atoms with Gasteiger partial charge in [-0.2, -0.15) is 0 Å². The van der Waals surface area contributed by atoms with Crippen LogP contribution < -0.4 is 10.6 Å². The van der Waals surface area contributed by atoms with Gasteiger partial charge >= 0.3 is 0 Å². The quantitative estimate of drug-likeness (QED) is 0.148. The summed E-state index contributed by atoms with van der Waals surface area (Å²) in [5.74, 6) is 1.26. The van der Waals surface area contributed by atoms with E-state index in [1.54, 1.807) is 0 Å². The molecule has 0 saturated heterocycles. The van der Waals surface area contributed by atoms with Gasteiger partial charge in [0.15, 0.2) is 0 Å². The van der Waals surface area contributed by atoms with E-state index in [0.717, 1.165) is 32.9 Å². The van der Waals surface area contributed by atoms with Crippen LogP contribution in [0, 0.1) is 0 Å². The Kier molecular flexibility index (Phi) is 9.48. The Bertz CT molecular complexity index is 1010. The smallest absolute Gasteiger partial charge is 0.229 e. The van der Waals surface area contributed by atoms with Crippen LogP contribution in [0.4, 0.5) is 0 Å². The average molecular weight is 496 g/mol. The van der Waals surface area contributed by atoms with Gasteiger partial charge in [-0.1, -0.05) is 107 Å². The fraction of sp³-hybridized carbons (Fsp3) is 0.600. The fourth-order valence-electron chi connectivity index (χ4n) is 4.79. The SMILES string of the molecule is CC(C)c1cc(C(C)C)c(P(=O)(N=[N+]=[N-])c2c(C(C)C)cc(C(C)C)cc2C(C)C)c(C(C)C)c1. The van der Waals surface area contributed by atoms with E-state index in [2.05, 4.69) is 117 Å². The van der Waals surface area contributed by atoms with Crippen LogP contribution in [-0.4, -0.2) is 0 Å². The molecule has 0 aliphatic heterocycles. The monoisotopic (exact) mass is 495 g/mol. The lowest BCUT2D eigenvalue weighted by Crippen LogP contribution is -2.29. The summed E-state index contributed by atoms with van der Waals surface area (Å²) in [6, 6.07) is 8.79. The minimum absolute atomic E-state index is 0.142. The molecule has 0 spiro atoms. The van der Waals surface area contributed by atoms with E-state index < -0.39 is 7.29 Å². The molecule has 192 valence electrons. The van der Waals surface area contributed by atoms with Gasteiger partial charge in [0.1, 0.15) is 0 Å². The van der Waals surface area contributed by atoms with Crippen molar-refractivity contribution in [1.82, 2.24) is 0 Å². The summed E-state index contributed by atoms with van der Waals surface area (Å²) in [4.78, 5) is 7.49. The van der Waals surface area contributed by atoms with Crippen molar-refractivity contribution in [3.63, 3.8) is 0 Å². The largest absolute Gasteiger partial charge is 0.307 e. The maximum atomic E-state index is 15.5. The van der Waals surface area contributed by atoms with Gasteiger partial charge in [-0.05, 0) is 79.3 Å². The second-order valence-electron chi connectivity index (χ2n) is 11.8. The molecule has 2 rings (SSSR count). The molecule has 0 unspecified atom stereocenters. The molecule has 0 aromatic heterocycles. The van der Waals surface area contributed by atoms with E-state index in [1.807, 2.05) is 0 Å². The Hall–Kier alpha value is -2.02. The van der Waals surface area contributed by atoms with Gasteiger partial charge in [0.2, 0.25) is 7.29 Å². The number of rotatable bonds is 9. The Labute approximate surface area is 214 Å². The molecule has 0 atom stereocenters. The molecule has 0 fully saturated rings. The minimum atomic E-state index is -3.68. The van der Waals surface area contributed by atoms with Crippen LogP contribution >= 0.6 is 7.29 Å². The molecule has 2 aromatic rings. The number of hydrogen-bond donors (Lipinski definition) is 0. The highest BCUT2D eigenvalue weighted by atomic mass is 31.2. The molecule has 35 heavy (non-hydrogen) atoms. The lowest BCUT2D eigenvalue weighted by Gasteiger charge is -2.31. The Morgan fingerprint density at radius 2 is 0.829 bits per heavy atom. The van der Waals surface area contributed by atoms with Crippen LogP contribution in [0.2, 0.25) is 0 Å². The molecule has 0 radical (unpaired) electrons. The van der Waals surface area contributed by atoms with Crippen molar-refractivity contribution in [1.29, 1.82) is 0 Å². The van der Waals surface area contributed by atoms with Crippen molar-refractivity contribution in [3.05, 3.63) is 68.1 Å². The van der Waals surface area contributed by atoms with E-state index in [9.17, 15) is 5.53 Å². The van der Waals surface area contributed by atoms with Crippen molar-refractivity contribution < 1.29 is 4.57 Å². The first-order chi connectivity index (χ1) is 16.2. The standard InChI is InChI=1S/C30H46N3OP/c1-17(2)23-13-25(19(5)6)29(26(14-23)20(7)8)35(34,33-32-31)30-27(21(9)10)15-24(18(3)4)16-28(30)22(11)12/h13-22H,1-12H3. The van der Waals surface area contributed by atoms with Crippen LogP contribution in [0.1, 0.15) is 152 Å². The summed E-state index contributed by atoms with van der Waals surface area (Å²) < 4.78 is 15.5. The van der Waals surface area contributed by atoms with Crippen LogP contribution in [0.5, 0.6) is 0 Å². The summed E-state index contributed by atoms with van der Waals surface area (Å²) in [6.45, 7) is 25.9. The highest BCUT2D eigenvalue weighted by Gasteiger charge is 2.38. The maximum absolute atomic E-state index is 15.5. The maximum Gasteiger partial charge on any atom is 0.229 e. The van der Waals surface area contributed by atoms with Crippen molar-refractivity contribution in [2.24, 2.45) is 4.88 Å². The third-order valence-corrected chi connectivity index (χ3v) is 9.55. The number of hydrogen-bond acceptors (Lipinski definition) is 1. The summed E-state index contributed by atoms with van der Waals surface area (Å²) in [5.41, 5.74) is 16.4. The zero-order chi connectivity index (χ0) is 26.8. The molecular weight excluding hydrogens is 449 g/mol. The first-order valence-electron chi connectivity index (χ1n) is 13.2. The van der Waals surface area contributed by atoms with Crippen molar-refractivity contribution >= 4 is 17.9 Å². The highest BCUT2D eigenvalue weighted by Crippen LogP contribution is 2.53. The second kappa shape index (κ2) is 11.4. The normalized spacial score (nSPS) is 12.5. The van der Waals surface area contributed by atoms with E-state index in [0.29, 0.717) is 11.8 Å². The molecule has 0 heterocycles. The molecule has 0 amide bonds. The van der Waals surface area contributed by atoms with E-state index >= 15 is 4.57 Å². The van der Waals surface area contributed by atoms with Gasteiger partial charge in [-0.3, -0.25) is 0 Å². The number of benzene rings is 2. The third-order valence-electron chi connectivity index (χ3n) is 6.98. The van der Waals surface area contributed by atoms with E-state index in [-0.39, 0.29) is 23.7 Å². The topological polar surface area (TPSA) is 65.8 Å². The zero-order valence-electron chi connectivity index (χ0n) is 24.0. The minimum Gasteiger partial charge on any atom is -0.307 e. The zero-order valence-corrected chi connectivity index (χ0v) is 24.9. The molecule has 4 nitrogen and oxygen atoms in total. The molecule has 2 aromatic carbocycles.